The van der Waals surface area contributed by atoms with E-state index in [0.717, 1.165) is 12.8 Å². The summed E-state index contributed by atoms with van der Waals surface area (Å²) < 4.78 is 0. The second kappa shape index (κ2) is 5.08. The maximum Gasteiger partial charge on any atom is 0.237 e. The van der Waals surface area contributed by atoms with Crippen LogP contribution in [0.4, 0.5) is 5.69 Å². The van der Waals surface area contributed by atoms with Crippen LogP contribution >= 0.6 is 0 Å². The van der Waals surface area contributed by atoms with Crippen LogP contribution in [-0.2, 0) is 0 Å². The van der Waals surface area contributed by atoms with Gasteiger partial charge in [0.15, 0.2) is 0 Å². The van der Waals surface area contributed by atoms with E-state index >= 15 is 0 Å². The third kappa shape index (κ3) is 2.63. The van der Waals surface area contributed by atoms with Gasteiger partial charge in [-0.1, -0.05) is 25.0 Å². The highest BCUT2D eigenvalue weighted by Gasteiger charge is 2.04. The van der Waals surface area contributed by atoms with E-state index in [1.807, 2.05) is 6.92 Å². The Morgan fingerprint density at radius 3 is 2.79 bits per heavy atom. The standard InChI is InChI=1S/C12H13NO/c1-2-3-4-9-12(14)10-7-5-6-8-11(10)13/h5-8H,2-3,13H2,1H3. The molecule has 2 nitrogen and oxygen atoms in total. The maximum atomic E-state index is 11.5. The number of rotatable bonds is 2. The number of carbonyl (C=O) groups excluding carboxylic acids is 1. The normalized spacial score (nSPS) is 8.93. The van der Waals surface area contributed by atoms with Gasteiger partial charge in [-0.2, -0.15) is 0 Å². The van der Waals surface area contributed by atoms with Crippen molar-refractivity contribution in [1.29, 1.82) is 0 Å². The minimum absolute atomic E-state index is 0.198. The molecule has 2 heteroatoms. The van der Waals surface area contributed by atoms with Crippen LogP contribution in [0.2, 0.25) is 0 Å². The van der Waals surface area contributed by atoms with Crippen molar-refractivity contribution < 1.29 is 4.79 Å². The molecule has 0 spiro atoms. The molecule has 0 unspecified atom stereocenters. The number of benzene rings is 1. The highest BCUT2D eigenvalue weighted by Crippen LogP contribution is 2.10. The van der Waals surface area contributed by atoms with E-state index < -0.39 is 0 Å². The lowest BCUT2D eigenvalue weighted by atomic mass is 10.1. The van der Waals surface area contributed by atoms with Crippen LogP contribution in [-0.4, -0.2) is 5.78 Å². The number of hydrogen-bond acceptors (Lipinski definition) is 2. The topological polar surface area (TPSA) is 43.1 Å². The molecule has 0 aliphatic heterocycles. The molecular weight excluding hydrogens is 174 g/mol. The molecule has 0 radical (unpaired) electrons. The third-order valence-electron chi connectivity index (χ3n) is 1.78. The Hall–Kier alpha value is -1.75. The minimum Gasteiger partial charge on any atom is -0.398 e. The van der Waals surface area contributed by atoms with Gasteiger partial charge in [0.2, 0.25) is 5.78 Å². The van der Waals surface area contributed by atoms with Gasteiger partial charge in [0.1, 0.15) is 0 Å². The minimum atomic E-state index is -0.198. The Kier molecular flexibility index (Phi) is 3.75. The highest BCUT2D eigenvalue weighted by atomic mass is 16.1. The predicted octanol–water partition coefficient (Wildman–Crippen LogP) is 2.25. The molecule has 0 aliphatic rings. The molecule has 0 saturated carbocycles. The predicted molar refractivity (Wildman–Crippen MR) is 57.9 cm³/mol. The van der Waals surface area contributed by atoms with Crippen LogP contribution in [0, 0.1) is 11.8 Å². The molecule has 2 N–H and O–H groups in total. The first-order chi connectivity index (χ1) is 6.75. The third-order valence-corrected chi connectivity index (χ3v) is 1.78. The number of nitrogens with two attached hydrogens (primary N) is 1. The second-order valence-electron chi connectivity index (χ2n) is 2.97. The molecule has 1 aromatic carbocycles. The van der Waals surface area contributed by atoms with E-state index in [9.17, 15) is 4.79 Å². The van der Waals surface area contributed by atoms with Gasteiger partial charge in [0.25, 0.3) is 0 Å². The van der Waals surface area contributed by atoms with Crippen molar-refractivity contribution in [3.63, 3.8) is 0 Å². The molecule has 72 valence electrons. The van der Waals surface area contributed by atoms with Gasteiger partial charge in [-0.05, 0) is 24.5 Å². The van der Waals surface area contributed by atoms with Crippen LogP contribution in [0.25, 0.3) is 0 Å². The lowest BCUT2D eigenvalue weighted by molar-refractivity contribution is 0.105. The van der Waals surface area contributed by atoms with Crippen molar-refractivity contribution in [3.05, 3.63) is 29.8 Å². The van der Waals surface area contributed by atoms with Crippen LogP contribution in [0.1, 0.15) is 30.1 Å². The van der Waals surface area contributed by atoms with Crippen molar-refractivity contribution >= 4 is 11.5 Å². The van der Waals surface area contributed by atoms with Gasteiger partial charge in [0, 0.05) is 12.1 Å². The average molecular weight is 187 g/mol. The molecule has 14 heavy (non-hydrogen) atoms. The number of unbranched alkanes of at least 4 members (excludes halogenated alkanes) is 1. The smallest absolute Gasteiger partial charge is 0.237 e. The number of carbonyl (C=O) groups is 1. The Morgan fingerprint density at radius 1 is 1.43 bits per heavy atom. The van der Waals surface area contributed by atoms with E-state index in [1.54, 1.807) is 24.3 Å². The summed E-state index contributed by atoms with van der Waals surface area (Å²) in [5.74, 6) is 5.18. The summed E-state index contributed by atoms with van der Waals surface area (Å²) in [7, 11) is 0. The molecule has 1 aromatic rings. The van der Waals surface area contributed by atoms with Crippen molar-refractivity contribution in [2.75, 3.05) is 5.73 Å². The quantitative estimate of drug-likeness (QED) is 0.334. The van der Waals surface area contributed by atoms with Crippen molar-refractivity contribution in [2.45, 2.75) is 19.8 Å². The number of nitrogen functional groups attached to an aromatic ring is 1. The fourth-order valence-corrected chi connectivity index (χ4v) is 1.04. The van der Waals surface area contributed by atoms with Gasteiger partial charge in [-0.3, -0.25) is 4.79 Å². The molecule has 0 amide bonds. The molecule has 0 saturated heterocycles. The highest BCUT2D eigenvalue weighted by molar-refractivity contribution is 6.12. The summed E-state index contributed by atoms with van der Waals surface area (Å²) in [5, 5.41) is 0. The lowest BCUT2D eigenvalue weighted by Crippen LogP contribution is -2.00. The van der Waals surface area contributed by atoms with Crippen LogP contribution < -0.4 is 5.73 Å². The fraction of sp³-hybridized carbons (Fsp3) is 0.250. The Labute approximate surface area is 84.1 Å². The monoisotopic (exact) mass is 187 g/mol. The molecule has 1 rings (SSSR count). The molecule has 0 aromatic heterocycles. The van der Waals surface area contributed by atoms with Gasteiger partial charge in [-0.15, -0.1) is 0 Å². The summed E-state index contributed by atoms with van der Waals surface area (Å²) in [6.45, 7) is 2.02. The molecule has 0 atom stereocenters. The Bertz CT molecular complexity index is 385. The lowest BCUT2D eigenvalue weighted by Gasteiger charge is -1.97. The zero-order valence-corrected chi connectivity index (χ0v) is 8.21. The first-order valence-corrected chi connectivity index (χ1v) is 4.63. The number of hydrogen-bond donors (Lipinski definition) is 1. The van der Waals surface area contributed by atoms with E-state index in [0.29, 0.717) is 11.3 Å². The number of ketones is 1. The van der Waals surface area contributed by atoms with Gasteiger partial charge in [0.05, 0.1) is 5.56 Å². The van der Waals surface area contributed by atoms with Gasteiger partial charge in [-0.25, -0.2) is 0 Å². The Morgan fingerprint density at radius 2 is 2.14 bits per heavy atom. The van der Waals surface area contributed by atoms with Gasteiger partial charge >= 0.3 is 0 Å². The maximum absolute atomic E-state index is 11.5. The van der Waals surface area contributed by atoms with Crippen molar-refractivity contribution in [3.8, 4) is 11.8 Å². The van der Waals surface area contributed by atoms with Crippen molar-refractivity contribution in [1.82, 2.24) is 0 Å². The van der Waals surface area contributed by atoms with Crippen LogP contribution in [0.15, 0.2) is 24.3 Å². The first-order valence-electron chi connectivity index (χ1n) is 4.63. The van der Waals surface area contributed by atoms with Gasteiger partial charge < -0.3 is 5.73 Å². The number of para-hydroxylation sites is 1. The van der Waals surface area contributed by atoms with Crippen molar-refractivity contribution in [2.24, 2.45) is 0 Å². The zero-order valence-electron chi connectivity index (χ0n) is 8.21. The summed E-state index contributed by atoms with van der Waals surface area (Å²) in [5.41, 5.74) is 6.62. The molecule has 0 heterocycles. The molecule has 0 aliphatic carbocycles. The molecule has 0 bridgehead atoms. The zero-order chi connectivity index (χ0) is 10.4. The molecule has 0 fully saturated rings. The largest absolute Gasteiger partial charge is 0.398 e. The Balaban J connectivity index is 2.82. The van der Waals surface area contributed by atoms with E-state index in [4.69, 9.17) is 5.73 Å². The SMILES string of the molecule is CCCC#CC(=O)c1ccccc1N. The van der Waals surface area contributed by atoms with E-state index in [-0.39, 0.29) is 5.78 Å². The molecular formula is C12H13NO. The summed E-state index contributed by atoms with van der Waals surface area (Å²) >= 11 is 0. The van der Waals surface area contributed by atoms with Crippen LogP contribution in [0.3, 0.4) is 0 Å². The summed E-state index contributed by atoms with van der Waals surface area (Å²) in [6.07, 6.45) is 1.71. The van der Waals surface area contributed by atoms with E-state index in [1.165, 1.54) is 0 Å². The van der Waals surface area contributed by atoms with Crippen LogP contribution in [0.5, 0.6) is 0 Å². The number of anilines is 1. The summed E-state index contributed by atoms with van der Waals surface area (Å²) in [6, 6.07) is 6.98. The average Bonchev–Trinajstić information content (AvgIpc) is 2.18. The second-order valence-corrected chi connectivity index (χ2v) is 2.97. The van der Waals surface area contributed by atoms with E-state index in [2.05, 4.69) is 11.8 Å². The number of Topliss-reactive ketones (excluding diaryl/α,β-unsaturated/α-hetero) is 1. The summed E-state index contributed by atoms with van der Waals surface area (Å²) in [4.78, 5) is 11.5. The fourth-order valence-electron chi connectivity index (χ4n) is 1.04. The first kappa shape index (κ1) is 10.3.